The Kier molecular flexibility index (Phi) is 4.94. The highest BCUT2D eigenvalue weighted by Gasteiger charge is 2.32. The molecule has 136 valence electrons. The highest BCUT2D eigenvalue weighted by Crippen LogP contribution is 2.36. The fourth-order valence-corrected chi connectivity index (χ4v) is 3.32. The molecule has 25 heavy (non-hydrogen) atoms. The van der Waals surface area contributed by atoms with E-state index < -0.39 is 44.0 Å². The molecule has 0 atom stereocenters. The SMILES string of the molecule is CN(C)c1ccc(C(F)(F)F)cc1NS(=O)(=O)c1c(F)cccc1F. The van der Waals surface area contributed by atoms with Crippen LogP contribution < -0.4 is 9.62 Å². The van der Waals surface area contributed by atoms with Crippen LogP contribution >= 0.6 is 0 Å². The summed E-state index contributed by atoms with van der Waals surface area (Å²) in [6.45, 7) is 0. The van der Waals surface area contributed by atoms with E-state index in [9.17, 15) is 30.4 Å². The largest absolute Gasteiger partial charge is 0.416 e. The Bertz CT molecular complexity index is 875. The van der Waals surface area contributed by atoms with Crippen LogP contribution in [0.1, 0.15) is 5.56 Å². The van der Waals surface area contributed by atoms with Crippen LogP contribution in [-0.4, -0.2) is 22.5 Å². The number of sulfonamides is 1. The predicted molar refractivity (Wildman–Crippen MR) is 82.9 cm³/mol. The third-order valence-corrected chi connectivity index (χ3v) is 4.65. The summed E-state index contributed by atoms with van der Waals surface area (Å²) in [7, 11) is -1.83. The summed E-state index contributed by atoms with van der Waals surface area (Å²) in [5.41, 5.74) is -1.47. The topological polar surface area (TPSA) is 49.4 Å². The number of benzene rings is 2. The molecule has 2 rings (SSSR count). The van der Waals surface area contributed by atoms with Crippen LogP contribution in [0.5, 0.6) is 0 Å². The van der Waals surface area contributed by atoms with Gasteiger partial charge in [-0.3, -0.25) is 4.72 Å². The molecule has 10 heteroatoms. The van der Waals surface area contributed by atoms with Crippen molar-refractivity contribution < 1.29 is 30.4 Å². The minimum Gasteiger partial charge on any atom is -0.376 e. The molecule has 0 aromatic heterocycles. The maximum atomic E-state index is 13.7. The predicted octanol–water partition coefficient (Wildman–Crippen LogP) is 3.85. The molecule has 0 bridgehead atoms. The first kappa shape index (κ1) is 19.0. The van der Waals surface area contributed by atoms with Gasteiger partial charge in [-0.2, -0.15) is 13.2 Å². The lowest BCUT2D eigenvalue weighted by Crippen LogP contribution is -2.20. The fraction of sp³-hybridized carbons (Fsp3) is 0.200. The van der Waals surface area contributed by atoms with Crippen molar-refractivity contribution in [2.24, 2.45) is 0 Å². The fourth-order valence-electron chi connectivity index (χ4n) is 2.12. The molecule has 0 saturated heterocycles. The number of hydrogen-bond donors (Lipinski definition) is 1. The van der Waals surface area contributed by atoms with E-state index in [4.69, 9.17) is 0 Å². The van der Waals surface area contributed by atoms with Gasteiger partial charge in [0.25, 0.3) is 10.0 Å². The monoisotopic (exact) mass is 380 g/mol. The molecule has 0 unspecified atom stereocenters. The second kappa shape index (κ2) is 6.51. The van der Waals surface area contributed by atoms with Crippen LogP contribution in [0.4, 0.5) is 33.3 Å². The van der Waals surface area contributed by atoms with Gasteiger partial charge < -0.3 is 4.90 Å². The second-order valence-corrected chi connectivity index (χ2v) is 6.90. The Morgan fingerprint density at radius 3 is 2.04 bits per heavy atom. The van der Waals surface area contributed by atoms with Crippen molar-refractivity contribution in [3.05, 3.63) is 53.6 Å². The summed E-state index contributed by atoms with van der Waals surface area (Å²) in [4.78, 5) is 0.0903. The molecule has 0 radical (unpaired) electrons. The van der Waals surface area contributed by atoms with Gasteiger partial charge in [0.05, 0.1) is 16.9 Å². The third kappa shape index (κ3) is 4.01. The van der Waals surface area contributed by atoms with Gasteiger partial charge in [0, 0.05) is 14.1 Å². The zero-order valence-electron chi connectivity index (χ0n) is 13.0. The van der Waals surface area contributed by atoms with Crippen molar-refractivity contribution in [1.29, 1.82) is 0 Å². The summed E-state index contributed by atoms with van der Waals surface area (Å²) < 4.78 is 92.5. The van der Waals surface area contributed by atoms with E-state index in [0.29, 0.717) is 6.07 Å². The molecule has 0 aliphatic heterocycles. The average Bonchev–Trinajstić information content (AvgIpc) is 2.44. The first-order valence-electron chi connectivity index (χ1n) is 6.79. The van der Waals surface area contributed by atoms with Crippen molar-refractivity contribution in [1.82, 2.24) is 0 Å². The van der Waals surface area contributed by atoms with E-state index in [2.05, 4.69) is 0 Å². The highest BCUT2D eigenvalue weighted by atomic mass is 32.2. The first-order valence-corrected chi connectivity index (χ1v) is 8.27. The van der Waals surface area contributed by atoms with Gasteiger partial charge in [-0.25, -0.2) is 17.2 Å². The van der Waals surface area contributed by atoms with Crippen molar-refractivity contribution in [2.75, 3.05) is 23.7 Å². The Hall–Kier alpha value is -2.36. The van der Waals surface area contributed by atoms with Gasteiger partial charge in [0.1, 0.15) is 11.6 Å². The van der Waals surface area contributed by atoms with E-state index in [-0.39, 0.29) is 5.69 Å². The van der Waals surface area contributed by atoms with Gasteiger partial charge in [0.15, 0.2) is 4.90 Å². The molecule has 0 saturated carbocycles. The molecule has 0 fully saturated rings. The molecule has 0 aliphatic carbocycles. The number of nitrogens with zero attached hydrogens (tertiary/aromatic N) is 1. The summed E-state index contributed by atoms with van der Waals surface area (Å²) in [6, 6.07) is 4.83. The van der Waals surface area contributed by atoms with Gasteiger partial charge in [-0.05, 0) is 30.3 Å². The standard InChI is InChI=1S/C15H13F5N2O2S/c1-22(2)13-7-6-9(15(18,19)20)8-12(13)21-25(23,24)14-10(16)4-3-5-11(14)17/h3-8,21H,1-2H3. The Labute approximate surface area is 140 Å². The molecule has 1 N–H and O–H groups in total. The number of nitrogens with one attached hydrogen (secondary N) is 1. The van der Waals surface area contributed by atoms with Gasteiger partial charge in [0.2, 0.25) is 0 Å². The lowest BCUT2D eigenvalue weighted by molar-refractivity contribution is -0.137. The Morgan fingerprint density at radius 1 is 1.00 bits per heavy atom. The molecule has 0 aliphatic rings. The van der Waals surface area contributed by atoms with Crippen LogP contribution in [0, 0.1) is 11.6 Å². The molecule has 0 spiro atoms. The van der Waals surface area contributed by atoms with Crippen molar-refractivity contribution in [3.63, 3.8) is 0 Å². The first-order chi connectivity index (χ1) is 11.4. The molecular weight excluding hydrogens is 367 g/mol. The summed E-state index contributed by atoms with van der Waals surface area (Å²) in [5.74, 6) is -2.71. The third-order valence-electron chi connectivity index (χ3n) is 3.24. The number of alkyl halides is 3. The van der Waals surface area contributed by atoms with Crippen LogP contribution in [0.25, 0.3) is 0 Å². The lowest BCUT2D eigenvalue weighted by atomic mass is 10.1. The quantitative estimate of drug-likeness (QED) is 0.820. The summed E-state index contributed by atoms with van der Waals surface area (Å²) in [6.07, 6.45) is -4.71. The van der Waals surface area contributed by atoms with Crippen LogP contribution in [0.15, 0.2) is 41.3 Å². The molecule has 0 amide bonds. The number of rotatable bonds is 4. The van der Waals surface area contributed by atoms with E-state index >= 15 is 0 Å². The minimum absolute atomic E-state index is 0.0910. The van der Waals surface area contributed by atoms with E-state index in [0.717, 1.165) is 30.3 Å². The number of halogens is 5. The Balaban J connectivity index is 2.58. The molecular formula is C15H13F5N2O2S. The smallest absolute Gasteiger partial charge is 0.376 e. The van der Waals surface area contributed by atoms with Crippen molar-refractivity contribution >= 4 is 21.4 Å². The van der Waals surface area contributed by atoms with Crippen LogP contribution in [-0.2, 0) is 16.2 Å². The maximum Gasteiger partial charge on any atom is 0.416 e. The minimum atomic E-state index is -4.79. The van der Waals surface area contributed by atoms with Crippen molar-refractivity contribution in [2.45, 2.75) is 11.1 Å². The van der Waals surface area contributed by atoms with Crippen LogP contribution in [0.2, 0.25) is 0 Å². The molecule has 4 nitrogen and oxygen atoms in total. The normalized spacial score (nSPS) is 12.1. The number of anilines is 2. The molecule has 0 heterocycles. The maximum absolute atomic E-state index is 13.7. The van der Waals surface area contributed by atoms with E-state index in [1.54, 1.807) is 0 Å². The van der Waals surface area contributed by atoms with E-state index in [1.165, 1.54) is 19.0 Å². The highest BCUT2D eigenvalue weighted by molar-refractivity contribution is 7.92. The van der Waals surface area contributed by atoms with Gasteiger partial charge in [-0.1, -0.05) is 6.07 Å². The Morgan fingerprint density at radius 2 is 1.56 bits per heavy atom. The van der Waals surface area contributed by atoms with E-state index in [1.807, 2.05) is 4.72 Å². The summed E-state index contributed by atoms with van der Waals surface area (Å²) >= 11 is 0. The van der Waals surface area contributed by atoms with Gasteiger partial charge in [-0.15, -0.1) is 0 Å². The average molecular weight is 380 g/mol. The second-order valence-electron chi connectivity index (χ2n) is 5.28. The van der Waals surface area contributed by atoms with Gasteiger partial charge >= 0.3 is 6.18 Å². The van der Waals surface area contributed by atoms with Crippen molar-refractivity contribution in [3.8, 4) is 0 Å². The molecule has 2 aromatic rings. The number of hydrogen-bond acceptors (Lipinski definition) is 3. The zero-order valence-corrected chi connectivity index (χ0v) is 13.8. The summed E-state index contributed by atoms with van der Waals surface area (Å²) in [5, 5.41) is 0. The molecule has 2 aromatic carbocycles. The lowest BCUT2D eigenvalue weighted by Gasteiger charge is -2.20. The zero-order chi connectivity index (χ0) is 19.0. The van der Waals surface area contributed by atoms with Crippen LogP contribution in [0.3, 0.4) is 0 Å².